The molecule has 9 nitrogen and oxygen atoms in total. The van der Waals surface area contributed by atoms with Crippen LogP contribution in [-0.4, -0.2) is 39.8 Å². The summed E-state index contributed by atoms with van der Waals surface area (Å²) in [6.45, 7) is 2.76. The molecule has 0 saturated carbocycles. The van der Waals surface area contributed by atoms with Gasteiger partial charge in [-0.2, -0.15) is 10.2 Å². The summed E-state index contributed by atoms with van der Waals surface area (Å²) in [5.41, 5.74) is 3.25. The molecule has 1 aliphatic rings. The Hall–Kier alpha value is -4.65. The van der Waals surface area contributed by atoms with Gasteiger partial charge >= 0.3 is 0 Å². The molecule has 3 heterocycles. The number of halogens is 1. The third-order valence-corrected chi connectivity index (χ3v) is 5.36. The average molecular weight is 459 g/mol. The molecule has 4 aromatic rings. The Morgan fingerprint density at radius 1 is 1.21 bits per heavy atom. The van der Waals surface area contributed by atoms with Crippen LogP contribution in [0.15, 0.2) is 55.1 Å². The monoisotopic (exact) mass is 459 g/mol. The first-order valence-electron chi connectivity index (χ1n) is 10.5. The quantitative estimate of drug-likeness (QED) is 0.465. The first-order chi connectivity index (χ1) is 16.6. The highest BCUT2D eigenvalue weighted by atomic mass is 19.1. The van der Waals surface area contributed by atoms with Crippen LogP contribution in [0.4, 0.5) is 27.5 Å². The smallest absolute Gasteiger partial charge is 0.229 e. The normalized spacial score (nSPS) is 12.5. The molecule has 0 bridgehead atoms. The standard InChI is InChI=1S/C24H20FN7O2.H2/c1-15-13-31(14-28-15)20-6-4-18(10-21(20)33-2)29-24-27-12-22-23(30-24)32(7-8-34-22)19-5-3-17(25)9-16(19)11-26;/h3-6,9-10,12-14H,7-8H2,1-2H3,(H,27,29,30);1H. The van der Waals surface area contributed by atoms with Crippen molar-refractivity contribution >= 4 is 23.1 Å². The van der Waals surface area contributed by atoms with E-state index in [1.807, 2.05) is 40.8 Å². The van der Waals surface area contributed by atoms with Crippen molar-refractivity contribution in [2.24, 2.45) is 0 Å². The van der Waals surface area contributed by atoms with E-state index in [2.05, 4.69) is 26.3 Å². The Bertz CT molecular complexity index is 1420. The van der Waals surface area contributed by atoms with Crippen molar-refractivity contribution in [2.45, 2.75) is 6.92 Å². The van der Waals surface area contributed by atoms with E-state index < -0.39 is 5.82 Å². The summed E-state index contributed by atoms with van der Waals surface area (Å²) in [7, 11) is 1.60. The van der Waals surface area contributed by atoms with Crippen molar-refractivity contribution in [3.63, 3.8) is 0 Å². The second-order valence-corrected chi connectivity index (χ2v) is 7.59. The first-order valence-corrected chi connectivity index (χ1v) is 10.5. The van der Waals surface area contributed by atoms with Crippen molar-refractivity contribution in [3.05, 3.63) is 72.2 Å². The van der Waals surface area contributed by atoms with Crippen molar-refractivity contribution in [1.82, 2.24) is 19.5 Å². The van der Waals surface area contributed by atoms with Gasteiger partial charge in [0.15, 0.2) is 11.6 Å². The predicted molar refractivity (Wildman–Crippen MR) is 126 cm³/mol. The molecule has 0 amide bonds. The fourth-order valence-corrected chi connectivity index (χ4v) is 3.79. The third-order valence-electron chi connectivity index (χ3n) is 5.36. The molecule has 10 heteroatoms. The number of hydrogen-bond acceptors (Lipinski definition) is 8. The number of nitrogens with zero attached hydrogens (tertiary/aromatic N) is 6. The van der Waals surface area contributed by atoms with Crippen LogP contribution in [0.5, 0.6) is 11.5 Å². The molecule has 172 valence electrons. The zero-order valence-electron chi connectivity index (χ0n) is 18.5. The summed E-state index contributed by atoms with van der Waals surface area (Å²) in [6, 6.07) is 11.8. The second kappa shape index (κ2) is 8.71. The zero-order chi connectivity index (χ0) is 23.7. The van der Waals surface area contributed by atoms with E-state index in [0.29, 0.717) is 42.1 Å². The molecule has 1 aliphatic heterocycles. The number of ether oxygens (including phenoxy) is 2. The molecule has 0 fully saturated rings. The van der Waals surface area contributed by atoms with Gasteiger partial charge in [0.25, 0.3) is 0 Å². The van der Waals surface area contributed by atoms with Gasteiger partial charge in [-0.1, -0.05) is 0 Å². The number of benzene rings is 2. The van der Waals surface area contributed by atoms with E-state index in [4.69, 9.17) is 9.47 Å². The topological polar surface area (TPSA) is 101 Å². The zero-order valence-corrected chi connectivity index (χ0v) is 18.5. The number of nitriles is 1. The van der Waals surface area contributed by atoms with E-state index in [1.165, 1.54) is 12.1 Å². The number of imidazole rings is 1. The van der Waals surface area contributed by atoms with Crippen LogP contribution in [0.2, 0.25) is 0 Å². The van der Waals surface area contributed by atoms with Crippen LogP contribution in [0.25, 0.3) is 5.69 Å². The lowest BCUT2D eigenvalue weighted by molar-refractivity contribution is 0.310. The lowest BCUT2D eigenvalue weighted by Gasteiger charge is -2.30. The summed E-state index contributed by atoms with van der Waals surface area (Å²) < 4.78 is 26.8. The van der Waals surface area contributed by atoms with Gasteiger partial charge in [-0.05, 0) is 37.3 Å². The largest absolute Gasteiger partial charge is 0.494 e. The molecule has 0 saturated heterocycles. The number of aromatic nitrogens is 4. The minimum Gasteiger partial charge on any atom is -0.494 e. The number of fused-ring (bicyclic) bond motifs is 1. The number of aryl methyl sites for hydroxylation is 1. The molecule has 0 radical (unpaired) electrons. The summed E-state index contributed by atoms with van der Waals surface area (Å²) >= 11 is 0. The van der Waals surface area contributed by atoms with Gasteiger partial charge in [-0.3, -0.25) is 0 Å². The molecule has 5 rings (SSSR count). The Balaban J connectivity index is 0.00000289. The summed E-state index contributed by atoms with van der Waals surface area (Å²) in [5, 5.41) is 12.7. The fourth-order valence-electron chi connectivity index (χ4n) is 3.79. The molecular weight excluding hydrogens is 437 g/mol. The van der Waals surface area contributed by atoms with E-state index in [-0.39, 0.29) is 6.99 Å². The van der Waals surface area contributed by atoms with Crippen molar-refractivity contribution in [2.75, 3.05) is 30.5 Å². The van der Waals surface area contributed by atoms with Gasteiger partial charge in [-0.15, -0.1) is 0 Å². The SMILES string of the molecule is COc1cc(Nc2ncc3c(n2)N(c2ccc(F)cc2C#N)CCO3)ccc1-n1cnc(C)c1.[HH]. The maximum absolute atomic E-state index is 13.7. The number of hydrogen-bond donors (Lipinski definition) is 1. The average Bonchev–Trinajstić information content (AvgIpc) is 3.29. The van der Waals surface area contributed by atoms with Gasteiger partial charge < -0.3 is 24.3 Å². The highest BCUT2D eigenvalue weighted by Crippen LogP contribution is 2.37. The van der Waals surface area contributed by atoms with Crippen LogP contribution < -0.4 is 19.7 Å². The Labute approximate surface area is 196 Å². The van der Waals surface area contributed by atoms with Gasteiger partial charge in [0.2, 0.25) is 5.95 Å². The molecule has 2 aromatic carbocycles. The van der Waals surface area contributed by atoms with E-state index in [0.717, 1.165) is 17.1 Å². The number of nitrogens with one attached hydrogen (secondary N) is 1. The number of methoxy groups -OCH3 is 1. The van der Waals surface area contributed by atoms with Gasteiger partial charge in [0, 0.05) is 19.4 Å². The molecule has 0 aliphatic carbocycles. The van der Waals surface area contributed by atoms with Gasteiger partial charge in [0.05, 0.1) is 48.8 Å². The molecule has 0 atom stereocenters. The molecule has 0 spiro atoms. The van der Waals surface area contributed by atoms with Crippen molar-refractivity contribution < 1.29 is 15.3 Å². The van der Waals surface area contributed by atoms with Crippen molar-refractivity contribution in [3.8, 4) is 23.3 Å². The van der Waals surface area contributed by atoms with Crippen LogP contribution in [-0.2, 0) is 0 Å². The van der Waals surface area contributed by atoms with Crippen molar-refractivity contribution in [1.29, 1.82) is 5.26 Å². The number of anilines is 4. The maximum atomic E-state index is 13.7. The molecule has 0 unspecified atom stereocenters. The lowest BCUT2D eigenvalue weighted by atomic mass is 10.1. The minimum atomic E-state index is -0.470. The van der Waals surface area contributed by atoms with Crippen LogP contribution in [0.1, 0.15) is 12.7 Å². The second-order valence-electron chi connectivity index (χ2n) is 7.59. The Morgan fingerprint density at radius 2 is 2.06 bits per heavy atom. The van der Waals surface area contributed by atoms with Gasteiger partial charge in [0.1, 0.15) is 24.2 Å². The van der Waals surface area contributed by atoms with Gasteiger partial charge in [-0.25, -0.2) is 14.4 Å². The Morgan fingerprint density at radius 3 is 2.82 bits per heavy atom. The highest BCUT2D eigenvalue weighted by Gasteiger charge is 2.24. The molecule has 34 heavy (non-hydrogen) atoms. The number of rotatable bonds is 5. The van der Waals surface area contributed by atoms with Crippen LogP contribution in [0, 0.1) is 24.1 Å². The molecule has 1 N–H and O–H groups in total. The van der Waals surface area contributed by atoms with E-state index in [1.54, 1.807) is 25.7 Å². The predicted octanol–water partition coefficient (Wildman–Crippen LogP) is 4.51. The fraction of sp³-hybridized carbons (Fsp3) is 0.167. The minimum absolute atomic E-state index is 0. The first kappa shape index (κ1) is 21.2. The summed E-state index contributed by atoms with van der Waals surface area (Å²) in [4.78, 5) is 15.1. The maximum Gasteiger partial charge on any atom is 0.229 e. The highest BCUT2D eigenvalue weighted by molar-refractivity contribution is 5.73. The van der Waals surface area contributed by atoms with E-state index in [9.17, 15) is 9.65 Å². The molecular formula is C24H22FN7O2. The van der Waals surface area contributed by atoms with Crippen LogP contribution in [0.3, 0.4) is 0 Å². The van der Waals surface area contributed by atoms with Crippen LogP contribution >= 0.6 is 0 Å². The Kier molecular flexibility index (Phi) is 5.43. The summed E-state index contributed by atoms with van der Waals surface area (Å²) in [5.74, 6) is 1.48. The molecule has 2 aromatic heterocycles. The third kappa shape index (κ3) is 3.95. The summed E-state index contributed by atoms with van der Waals surface area (Å²) in [6.07, 6.45) is 5.22. The lowest BCUT2D eigenvalue weighted by Crippen LogP contribution is -2.30. The van der Waals surface area contributed by atoms with E-state index >= 15 is 0 Å².